The van der Waals surface area contributed by atoms with Crippen LogP contribution >= 0.6 is 23.2 Å². The van der Waals surface area contributed by atoms with E-state index in [0.29, 0.717) is 28.6 Å². The summed E-state index contributed by atoms with van der Waals surface area (Å²) in [6.45, 7) is 2.03. The van der Waals surface area contributed by atoms with Gasteiger partial charge < -0.3 is 15.4 Å². The molecule has 1 aromatic carbocycles. The van der Waals surface area contributed by atoms with Crippen molar-refractivity contribution in [3.63, 3.8) is 0 Å². The Balaban J connectivity index is 1.50. The Morgan fingerprint density at radius 3 is 2.92 bits per heavy atom. The number of carbonyl (C=O) groups is 1. The first-order valence-electron chi connectivity index (χ1n) is 8.64. The maximum atomic E-state index is 12.3. The fourth-order valence-corrected chi connectivity index (χ4v) is 3.34. The Morgan fingerprint density at radius 2 is 2.15 bits per heavy atom. The number of nitrogens with zero attached hydrogens (tertiary/aromatic N) is 1. The van der Waals surface area contributed by atoms with Crippen molar-refractivity contribution in [1.82, 2.24) is 10.3 Å². The van der Waals surface area contributed by atoms with Crippen LogP contribution in [0.15, 0.2) is 36.7 Å². The lowest BCUT2D eigenvalue weighted by Gasteiger charge is -2.12. The molecule has 0 radical (unpaired) electrons. The molecule has 138 valence electrons. The van der Waals surface area contributed by atoms with E-state index in [2.05, 4.69) is 15.6 Å². The number of benzene rings is 1. The molecule has 3 rings (SSSR count). The van der Waals surface area contributed by atoms with Crippen LogP contribution in [0.25, 0.3) is 0 Å². The molecule has 1 saturated heterocycles. The largest absolute Gasteiger partial charge is 0.381 e. The Bertz CT molecular complexity index is 764. The molecule has 0 bridgehead atoms. The van der Waals surface area contributed by atoms with E-state index < -0.39 is 0 Å². The van der Waals surface area contributed by atoms with Crippen LogP contribution in [0.1, 0.15) is 28.8 Å². The monoisotopic (exact) mass is 393 g/mol. The first kappa shape index (κ1) is 19.0. The van der Waals surface area contributed by atoms with E-state index in [1.165, 1.54) is 0 Å². The summed E-state index contributed by atoms with van der Waals surface area (Å²) < 4.78 is 5.58. The van der Waals surface area contributed by atoms with E-state index in [1.54, 1.807) is 30.6 Å². The molecule has 0 spiro atoms. The number of rotatable bonds is 7. The van der Waals surface area contributed by atoms with Crippen LogP contribution in [0.4, 0.5) is 5.69 Å². The highest BCUT2D eigenvalue weighted by Crippen LogP contribution is 2.21. The van der Waals surface area contributed by atoms with Gasteiger partial charge in [-0.05, 0) is 43.0 Å². The van der Waals surface area contributed by atoms with Crippen molar-refractivity contribution in [2.75, 3.05) is 25.0 Å². The van der Waals surface area contributed by atoms with Gasteiger partial charge in [0, 0.05) is 42.1 Å². The van der Waals surface area contributed by atoms with Crippen molar-refractivity contribution >= 4 is 34.8 Å². The summed E-state index contributed by atoms with van der Waals surface area (Å²) in [5.74, 6) is -0.164. The molecule has 1 fully saturated rings. The lowest BCUT2D eigenvalue weighted by atomic mass is 10.1. The molecule has 1 amide bonds. The average Bonchev–Trinajstić information content (AvgIpc) is 3.15. The van der Waals surface area contributed by atoms with Gasteiger partial charge >= 0.3 is 0 Å². The number of ether oxygens (including phenoxy) is 1. The third-order valence-corrected chi connectivity index (χ3v) is 4.84. The van der Waals surface area contributed by atoms with E-state index in [-0.39, 0.29) is 12.0 Å². The molecule has 1 unspecified atom stereocenters. The number of pyridine rings is 1. The van der Waals surface area contributed by atoms with Crippen molar-refractivity contribution in [1.29, 1.82) is 0 Å². The fraction of sp³-hybridized carbons (Fsp3) is 0.368. The number of halogens is 2. The molecule has 5 nitrogen and oxygen atoms in total. The molecule has 0 aliphatic carbocycles. The highest BCUT2D eigenvalue weighted by Gasteiger charge is 2.15. The minimum atomic E-state index is -0.164. The summed E-state index contributed by atoms with van der Waals surface area (Å²) in [7, 11) is 0. The predicted octanol–water partition coefficient (Wildman–Crippen LogP) is 3.95. The number of anilines is 1. The average molecular weight is 394 g/mol. The van der Waals surface area contributed by atoms with Crippen molar-refractivity contribution in [3.05, 3.63) is 57.8 Å². The van der Waals surface area contributed by atoms with Gasteiger partial charge in [-0.2, -0.15) is 0 Å². The van der Waals surface area contributed by atoms with E-state index in [1.807, 2.05) is 6.07 Å². The van der Waals surface area contributed by atoms with Gasteiger partial charge in [0.1, 0.15) is 0 Å². The number of amides is 1. The molecule has 0 saturated carbocycles. The number of hydrogen-bond acceptors (Lipinski definition) is 4. The number of nitrogens with one attached hydrogen (secondary N) is 2. The SMILES string of the molecule is O=C(NCCc1ccc(Cl)cc1Cl)c1cncc(NCC2CCCO2)c1. The van der Waals surface area contributed by atoms with Crippen LogP contribution in [-0.4, -0.2) is 36.7 Å². The van der Waals surface area contributed by atoms with Gasteiger partial charge in [0.15, 0.2) is 0 Å². The van der Waals surface area contributed by atoms with Gasteiger partial charge in [-0.15, -0.1) is 0 Å². The third-order valence-electron chi connectivity index (χ3n) is 4.25. The maximum Gasteiger partial charge on any atom is 0.252 e. The second kappa shape index (κ2) is 9.21. The zero-order valence-corrected chi connectivity index (χ0v) is 15.8. The van der Waals surface area contributed by atoms with Crippen LogP contribution in [0.3, 0.4) is 0 Å². The van der Waals surface area contributed by atoms with Crippen molar-refractivity contribution in [2.45, 2.75) is 25.4 Å². The second-order valence-corrected chi connectivity index (χ2v) is 7.06. The zero-order chi connectivity index (χ0) is 18.4. The van der Waals surface area contributed by atoms with Crippen LogP contribution < -0.4 is 10.6 Å². The van der Waals surface area contributed by atoms with Crippen LogP contribution in [0.2, 0.25) is 10.0 Å². The Labute approximate surface area is 163 Å². The smallest absolute Gasteiger partial charge is 0.252 e. The molecular weight excluding hydrogens is 373 g/mol. The molecule has 1 aliphatic heterocycles. The first-order valence-corrected chi connectivity index (χ1v) is 9.40. The first-order chi connectivity index (χ1) is 12.6. The lowest BCUT2D eigenvalue weighted by Crippen LogP contribution is -2.26. The van der Waals surface area contributed by atoms with E-state index in [0.717, 1.165) is 37.2 Å². The normalized spacial score (nSPS) is 16.5. The molecule has 2 aromatic rings. The van der Waals surface area contributed by atoms with Crippen molar-refractivity contribution in [2.24, 2.45) is 0 Å². The molecule has 1 atom stereocenters. The topological polar surface area (TPSA) is 63.2 Å². The summed E-state index contributed by atoms with van der Waals surface area (Å²) >= 11 is 12.0. The van der Waals surface area contributed by atoms with Crippen LogP contribution in [0, 0.1) is 0 Å². The quantitative estimate of drug-likeness (QED) is 0.747. The van der Waals surface area contributed by atoms with E-state index in [9.17, 15) is 4.79 Å². The number of carbonyl (C=O) groups excluding carboxylic acids is 1. The molecule has 26 heavy (non-hydrogen) atoms. The Hall–Kier alpha value is -1.82. The number of aromatic nitrogens is 1. The molecule has 1 aromatic heterocycles. The summed E-state index contributed by atoms with van der Waals surface area (Å²) in [4.78, 5) is 16.5. The highest BCUT2D eigenvalue weighted by atomic mass is 35.5. The molecular formula is C19H21Cl2N3O2. The summed E-state index contributed by atoms with van der Waals surface area (Å²) in [5, 5.41) is 7.37. The van der Waals surface area contributed by atoms with Crippen molar-refractivity contribution < 1.29 is 9.53 Å². The Morgan fingerprint density at radius 1 is 1.27 bits per heavy atom. The van der Waals surface area contributed by atoms with Gasteiger partial charge in [0.25, 0.3) is 5.91 Å². The third kappa shape index (κ3) is 5.34. The minimum absolute atomic E-state index is 0.164. The minimum Gasteiger partial charge on any atom is -0.381 e. The van der Waals surface area contributed by atoms with E-state index in [4.69, 9.17) is 27.9 Å². The molecule has 2 heterocycles. The second-order valence-electron chi connectivity index (χ2n) is 6.22. The van der Waals surface area contributed by atoms with Crippen molar-refractivity contribution in [3.8, 4) is 0 Å². The number of hydrogen-bond donors (Lipinski definition) is 2. The van der Waals surface area contributed by atoms with E-state index >= 15 is 0 Å². The zero-order valence-electron chi connectivity index (χ0n) is 14.3. The van der Waals surface area contributed by atoms with Crippen LogP contribution in [0.5, 0.6) is 0 Å². The summed E-state index contributed by atoms with van der Waals surface area (Å²) in [6, 6.07) is 7.16. The van der Waals surface area contributed by atoms with Gasteiger partial charge in [0.2, 0.25) is 0 Å². The van der Waals surface area contributed by atoms with Gasteiger partial charge in [-0.25, -0.2) is 0 Å². The van der Waals surface area contributed by atoms with Gasteiger partial charge in [-0.1, -0.05) is 29.3 Å². The summed E-state index contributed by atoms with van der Waals surface area (Å²) in [5.41, 5.74) is 2.28. The highest BCUT2D eigenvalue weighted by molar-refractivity contribution is 6.35. The fourth-order valence-electron chi connectivity index (χ4n) is 2.83. The summed E-state index contributed by atoms with van der Waals surface area (Å²) in [6.07, 6.45) is 6.29. The maximum absolute atomic E-state index is 12.3. The Kier molecular flexibility index (Phi) is 6.72. The molecule has 1 aliphatic rings. The van der Waals surface area contributed by atoms with Crippen LogP contribution in [-0.2, 0) is 11.2 Å². The molecule has 7 heteroatoms. The lowest BCUT2D eigenvalue weighted by molar-refractivity contribution is 0.0954. The van der Waals surface area contributed by atoms with Gasteiger partial charge in [0.05, 0.1) is 17.4 Å². The predicted molar refractivity (Wildman–Crippen MR) is 104 cm³/mol. The standard InChI is InChI=1S/C19H21Cl2N3O2/c20-15-4-3-13(18(21)9-15)5-6-23-19(25)14-8-16(11-22-10-14)24-12-17-2-1-7-26-17/h3-4,8-11,17,24H,1-2,5-7,12H2,(H,23,25). The van der Waals surface area contributed by atoms with Gasteiger partial charge in [-0.3, -0.25) is 9.78 Å². The molecule has 2 N–H and O–H groups in total.